The summed E-state index contributed by atoms with van der Waals surface area (Å²) < 4.78 is 104. The molecule has 0 spiro atoms. The van der Waals surface area contributed by atoms with Crippen LogP contribution in [0.2, 0.25) is 5.02 Å². The molecule has 1 aliphatic carbocycles. The van der Waals surface area contributed by atoms with E-state index >= 15 is 0 Å². The lowest BCUT2D eigenvalue weighted by molar-refractivity contribution is -0.0435. The van der Waals surface area contributed by atoms with Gasteiger partial charge in [-0.25, -0.2) is 21.6 Å². The van der Waals surface area contributed by atoms with Crippen LogP contribution in [-0.2, 0) is 24.6 Å². The number of nitrogens with zero attached hydrogens (tertiary/aromatic N) is 4. The Kier molecular flexibility index (Phi) is 19.3. The topological polar surface area (TPSA) is 144 Å². The summed E-state index contributed by atoms with van der Waals surface area (Å²) in [7, 11) is -10.9. The maximum Gasteiger partial charge on any atom is 0.501 e. The van der Waals surface area contributed by atoms with E-state index in [4.69, 9.17) is 16.3 Å². The van der Waals surface area contributed by atoms with Crippen molar-refractivity contribution in [2.75, 3.05) is 108 Å². The second kappa shape index (κ2) is 24.8. The number of sulfonamides is 1. The first-order valence-electron chi connectivity index (χ1n) is 24.6. The summed E-state index contributed by atoms with van der Waals surface area (Å²) in [5.41, 5.74) is -1.03. The molecule has 4 aromatic carbocycles. The zero-order chi connectivity index (χ0) is 51.1. The molecule has 3 fully saturated rings. The number of alkyl halides is 3. The van der Waals surface area contributed by atoms with Gasteiger partial charge in [-0.1, -0.05) is 54.4 Å². The summed E-state index contributed by atoms with van der Waals surface area (Å²) in [4.78, 5) is 21.8. The van der Waals surface area contributed by atoms with Crippen LogP contribution in [0.25, 0.3) is 5.57 Å². The lowest BCUT2D eigenvalue weighted by Gasteiger charge is -2.43. The maximum atomic E-state index is 14.3. The van der Waals surface area contributed by atoms with Crippen LogP contribution in [0.4, 0.5) is 24.5 Å². The number of anilines is 2. The van der Waals surface area contributed by atoms with Crippen molar-refractivity contribution in [1.82, 2.24) is 24.7 Å². The lowest BCUT2D eigenvalue weighted by Crippen LogP contribution is -2.49. The lowest BCUT2D eigenvalue weighted by atomic mass is 9.71. The number of hydrogen-bond acceptors (Lipinski definition) is 13. The fourth-order valence-corrected chi connectivity index (χ4v) is 13.3. The van der Waals surface area contributed by atoms with Crippen molar-refractivity contribution in [2.45, 2.75) is 71.8 Å². The van der Waals surface area contributed by atoms with Crippen molar-refractivity contribution in [1.29, 1.82) is 0 Å². The average Bonchev–Trinajstić information content (AvgIpc) is 3.36. The van der Waals surface area contributed by atoms with Crippen LogP contribution in [0, 0.1) is 5.41 Å². The van der Waals surface area contributed by atoms with Crippen molar-refractivity contribution in [3.63, 3.8) is 0 Å². The van der Waals surface area contributed by atoms with E-state index < -0.39 is 52.8 Å². The predicted octanol–water partition coefficient (Wildman–Crippen LogP) is 8.53. The number of hydrogen-bond donors (Lipinski definition) is 3. The van der Waals surface area contributed by atoms with Gasteiger partial charge < -0.3 is 25.2 Å². The molecule has 0 unspecified atom stereocenters. The van der Waals surface area contributed by atoms with Gasteiger partial charge >= 0.3 is 5.51 Å². The molecule has 8 rings (SSSR count). The number of sulfone groups is 1. The molecule has 0 saturated carbocycles. The predicted molar refractivity (Wildman–Crippen MR) is 287 cm³/mol. The van der Waals surface area contributed by atoms with Gasteiger partial charge in [-0.3, -0.25) is 14.6 Å². The molecule has 1 amide bonds. The zero-order valence-corrected chi connectivity index (χ0v) is 45.2. The summed E-state index contributed by atoms with van der Waals surface area (Å²) >= 11 is 7.74. The molecular formula is C52H66Cl2F3N7O6S3. The molecule has 3 N–H and O–H groups in total. The number of piperazine rings is 2. The Balaban J connectivity index is 0.00000780. The second-order valence-corrected chi connectivity index (χ2v) is 24.8. The van der Waals surface area contributed by atoms with Gasteiger partial charge in [0.1, 0.15) is 4.90 Å². The maximum absolute atomic E-state index is 14.3. The first-order valence-corrected chi connectivity index (χ1v) is 28.9. The van der Waals surface area contributed by atoms with Gasteiger partial charge in [0.15, 0.2) is 0 Å². The first-order chi connectivity index (χ1) is 34.4. The molecule has 3 heterocycles. The van der Waals surface area contributed by atoms with E-state index in [1.54, 1.807) is 12.1 Å². The molecule has 3 aliphatic heterocycles. The van der Waals surface area contributed by atoms with E-state index in [-0.39, 0.29) is 29.4 Å². The quantitative estimate of drug-likeness (QED) is 0.0821. The molecule has 4 aliphatic rings. The number of carbonyl (C=O) groups is 1. The van der Waals surface area contributed by atoms with Crippen molar-refractivity contribution in [2.24, 2.45) is 5.41 Å². The number of thioether (sulfide) groups is 1. The van der Waals surface area contributed by atoms with E-state index in [2.05, 4.69) is 49.3 Å². The highest BCUT2D eigenvalue weighted by Crippen LogP contribution is 2.44. The van der Waals surface area contributed by atoms with Crippen LogP contribution in [0.15, 0.2) is 117 Å². The summed E-state index contributed by atoms with van der Waals surface area (Å²) in [5, 5.41) is 7.20. The van der Waals surface area contributed by atoms with Crippen molar-refractivity contribution < 1.29 is 39.5 Å². The summed E-state index contributed by atoms with van der Waals surface area (Å²) in [6, 6.07) is 26.1. The number of amides is 1. The third kappa shape index (κ3) is 14.7. The van der Waals surface area contributed by atoms with Gasteiger partial charge in [0.25, 0.3) is 25.8 Å². The normalized spacial score (nSPS) is 21.3. The third-order valence-electron chi connectivity index (χ3n) is 14.2. The number of rotatable bonds is 18. The molecule has 398 valence electrons. The Morgan fingerprint density at radius 3 is 2.27 bits per heavy atom. The highest BCUT2D eigenvalue weighted by atomic mass is 35.5. The van der Waals surface area contributed by atoms with E-state index in [1.807, 2.05) is 54.1 Å². The fourth-order valence-electron chi connectivity index (χ4n) is 10.2. The van der Waals surface area contributed by atoms with Crippen LogP contribution in [0.1, 0.15) is 55.5 Å². The van der Waals surface area contributed by atoms with Crippen LogP contribution in [-0.4, -0.2) is 153 Å². The number of ether oxygens (including phenoxy) is 1. The minimum absolute atomic E-state index is 0. The molecule has 0 radical (unpaired) electrons. The minimum Gasteiger partial charge on any atom is -0.380 e. The van der Waals surface area contributed by atoms with Gasteiger partial charge in [-0.05, 0) is 116 Å². The monoisotopic (exact) mass is 1110 g/mol. The van der Waals surface area contributed by atoms with Crippen LogP contribution in [0.5, 0.6) is 0 Å². The van der Waals surface area contributed by atoms with Gasteiger partial charge in [-0.2, -0.15) is 13.2 Å². The fraction of sp³-hybridized carbons (Fsp3) is 0.481. The van der Waals surface area contributed by atoms with Gasteiger partial charge in [-0.15, -0.1) is 24.2 Å². The van der Waals surface area contributed by atoms with Crippen LogP contribution >= 0.6 is 35.8 Å². The minimum atomic E-state index is -6.07. The Morgan fingerprint density at radius 1 is 0.904 bits per heavy atom. The second-order valence-electron chi connectivity index (χ2n) is 19.7. The molecule has 13 nitrogen and oxygen atoms in total. The van der Waals surface area contributed by atoms with Crippen molar-refractivity contribution >= 4 is 78.5 Å². The smallest absolute Gasteiger partial charge is 0.380 e. The molecule has 0 aromatic heterocycles. The van der Waals surface area contributed by atoms with Gasteiger partial charge in [0.2, 0.25) is 0 Å². The Hall–Kier alpha value is -3.89. The van der Waals surface area contributed by atoms with Crippen molar-refractivity contribution in [3.05, 3.63) is 119 Å². The van der Waals surface area contributed by atoms with Crippen molar-refractivity contribution in [3.8, 4) is 0 Å². The number of nitrogens with one attached hydrogen (secondary N) is 3. The largest absolute Gasteiger partial charge is 0.501 e. The molecule has 0 bridgehead atoms. The summed E-state index contributed by atoms with van der Waals surface area (Å²) in [6.07, 6.45) is 3.59. The average molecular weight is 1110 g/mol. The van der Waals surface area contributed by atoms with E-state index in [9.17, 15) is 34.8 Å². The highest BCUT2D eigenvalue weighted by Gasteiger charge is 2.48. The van der Waals surface area contributed by atoms with E-state index in [0.29, 0.717) is 49.6 Å². The van der Waals surface area contributed by atoms with E-state index in [0.717, 1.165) is 107 Å². The highest BCUT2D eigenvalue weighted by molar-refractivity contribution is 7.99. The third-order valence-corrected chi connectivity index (χ3v) is 18.5. The van der Waals surface area contributed by atoms with Crippen LogP contribution in [0.3, 0.4) is 0 Å². The number of halogens is 5. The molecule has 21 heteroatoms. The van der Waals surface area contributed by atoms with Crippen LogP contribution < -0.4 is 20.3 Å². The SMILES string of the molecule is C[C@@H]1COCCN1CC[C@H](CSc1ccccc1)Nc1ccc(S(=O)(=O)NC(=O)c2ccc(N3CCN(CC4=C(c5ccc(Cl)cc5)CC[C@@](C)(CN5CCNCC5)C4)CC3)cc2)cc1S(=O)(=O)C(F)(F)F.Cl. The number of carbonyl (C=O) groups excluding carboxylic acids is 1. The number of benzene rings is 4. The zero-order valence-electron chi connectivity index (χ0n) is 41.2. The summed E-state index contributed by atoms with van der Waals surface area (Å²) in [6.45, 7) is 15.9. The molecular weight excluding hydrogens is 1040 g/mol. The molecule has 3 saturated heterocycles. The van der Waals surface area contributed by atoms with Gasteiger partial charge in [0, 0.05) is 118 Å². The molecule has 3 atom stereocenters. The Labute approximate surface area is 444 Å². The Morgan fingerprint density at radius 2 is 1.60 bits per heavy atom. The summed E-state index contributed by atoms with van der Waals surface area (Å²) in [5.74, 6) is -0.660. The number of allylic oxidation sites excluding steroid dienone is 1. The first kappa shape index (κ1) is 56.8. The molecule has 4 aromatic rings. The van der Waals surface area contributed by atoms with E-state index in [1.165, 1.54) is 40.6 Å². The standard InChI is InChI=1S/C52H65ClF3N7O6S3.ClH/c1-38-35-69-31-30-62(38)23-19-43(36-70-45-6-4-3-5-7-45)58-48-17-16-46(32-49(48)71(65,66)52(54,55)56)72(67,68)59-50(64)40-10-14-44(15-11-40)63-28-26-60(27-29-63)34-41-33-51(2,37-61-24-21-57-22-25-61)20-18-47(41)39-8-12-42(53)13-9-39;/h3-17,32,38,43,57-58H,18-31,33-37H2,1-2H3,(H,59,64);1H/t38-,43-,51-;/m1./s1. The Bertz CT molecular complexity index is 2750. The number of morpholine rings is 1. The van der Waals surface area contributed by atoms with Gasteiger partial charge in [0.05, 0.1) is 23.8 Å². The molecule has 73 heavy (non-hydrogen) atoms.